The van der Waals surface area contributed by atoms with Crippen LogP contribution in [0.5, 0.6) is 11.5 Å². The largest absolute Gasteiger partial charge is 0.494 e. The quantitative estimate of drug-likeness (QED) is 0.308. The standard InChI is InChI=1S/C25H19ClF2N6O4S/c1-12-5-14(15-6-21(26)31-9-19(15)37-2)16(8-29-12)22(35)33-25-32-18-10-34(11-20(18)39-25)23(36)17-4-3-13(7-30-17)38-24(27)28/h3-9,24H,10-11H2,1-2H3,(H,32,33,35). The van der Waals surface area contributed by atoms with Gasteiger partial charge in [0.2, 0.25) is 0 Å². The lowest BCUT2D eigenvalue weighted by Gasteiger charge is -2.15. The van der Waals surface area contributed by atoms with Crippen molar-refractivity contribution in [3.63, 3.8) is 0 Å². The van der Waals surface area contributed by atoms with Crippen molar-refractivity contribution in [3.8, 4) is 22.6 Å². The lowest BCUT2D eigenvalue weighted by atomic mass is 10.0. The topological polar surface area (TPSA) is 119 Å². The lowest BCUT2D eigenvalue weighted by Crippen LogP contribution is -2.26. The van der Waals surface area contributed by atoms with Gasteiger partial charge in [0, 0.05) is 23.0 Å². The van der Waals surface area contributed by atoms with Crippen LogP contribution < -0.4 is 14.8 Å². The fourth-order valence-corrected chi connectivity index (χ4v) is 5.14. The average Bonchev–Trinajstić information content (AvgIpc) is 3.47. The molecule has 2 amide bonds. The third-order valence-corrected chi connectivity index (χ3v) is 6.98. The number of thiazole rings is 1. The summed E-state index contributed by atoms with van der Waals surface area (Å²) in [5.74, 6) is -0.498. The van der Waals surface area contributed by atoms with Crippen molar-refractivity contribution >= 4 is 39.9 Å². The monoisotopic (exact) mass is 572 g/mol. The Labute approximate surface area is 229 Å². The molecular weight excluding hydrogens is 554 g/mol. The average molecular weight is 573 g/mol. The van der Waals surface area contributed by atoms with Crippen molar-refractivity contribution in [1.29, 1.82) is 0 Å². The molecule has 10 nitrogen and oxygen atoms in total. The number of carbonyl (C=O) groups excluding carboxylic acids is 2. The van der Waals surface area contributed by atoms with E-state index < -0.39 is 12.5 Å². The van der Waals surface area contributed by atoms with E-state index in [1.807, 2.05) is 0 Å². The van der Waals surface area contributed by atoms with Gasteiger partial charge in [-0.15, -0.1) is 0 Å². The maximum Gasteiger partial charge on any atom is 0.387 e. The number of aryl methyl sites for hydroxylation is 1. The van der Waals surface area contributed by atoms with Crippen LogP contribution in [0.1, 0.15) is 37.1 Å². The summed E-state index contributed by atoms with van der Waals surface area (Å²) in [7, 11) is 1.50. The van der Waals surface area contributed by atoms with Gasteiger partial charge in [-0.25, -0.2) is 15.0 Å². The third kappa shape index (κ3) is 5.64. The van der Waals surface area contributed by atoms with Gasteiger partial charge < -0.3 is 14.4 Å². The first-order chi connectivity index (χ1) is 18.7. The van der Waals surface area contributed by atoms with Gasteiger partial charge in [0.25, 0.3) is 11.8 Å². The van der Waals surface area contributed by atoms with E-state index in [9.17, 15) is 18.4 Å². The van der Waals surface area contributed by atoms with E-state index in [1.165, 1.54) is 47.9 Å². The van der Waals surface area contributed by atoms with Crippen molar-refractivity contribution < 1.29 is 27.8 Å². The number of aromatic nitrogens is 4. The predicted molar refractivity (Wildman–Crippen MR) is 138 cm³/mol. The maximum atomic E-state index is 13.3. The Hall–Kier alpha value is -4.23. The molecular formula is C25H19ClF2N6O4S. The van der Waals surface area contributed by atoms with E-state index in [2.05, 4.69) is 30.0 Å². The summed E-state index contributed by atoms with van der Waals surface area (Å²) in [4.78, 5) is 45.1. The van der Waals surface area contributed by atoms with Gasteiger partial charge in [-0.3, -0.25) is 19.9 Å². The lowest BCUT2D eigenvalue weighted by molar-refractivity contribution is -0.0500. The van der Waals surface area contributed by atoms with Crippen LogP contribution in [0.2, 0.25) is 5.15 Å². The Morgan fingerprint density at radius 1 is 1.10 bits per heavy atom. The second-order valence-electron chi connectivity index (χ2n) is 8.34. The maximum absolute atomic E-state index is 13.3. The number of hydrogen-bond acceptors (Lipinski definition) is 9. The number of rotatable bonds is 7. The van der Waals surface area contributed by atoms with Gasteiger partial charge in [-0.1, -0.05) is 22.9 Å². The molecule has 0 spiro atoms. The van der Waals surface area contributed by atoms with Crippen LogP contribution in [0, 0.1) is 6.92 Å². The molecule has 14 heteroatoms. The number of amides is 2. The molecule has 0 atom stereocenters. The van der Waals surface area contributed by atoms with Crippen molar-refractivity contribution in [2.45, 2.75) is 26.6 Å². The minimum atomic E-state index is -2.98. The highest BCUT2D eigenvalue weighted by Gasteiger charge is 2.29. The number of methoxy groups -OCH3 is 1. The van der Waals surface area contributed by atoms with Gasteiger partial charge in [0.15, 0.2) is 5.13 Å². The zero-order chi connectivity index (χ0) is 27.7. The number of alkyl halides is 2. The minimum Gasteiger partial charge on any atom is -0.494 e. The minimum absolute atomic E-state index is 0.0892. The number of anilines is 1. The van der Waals surface area contributed by atoms with Crippen LogP contribution in [0.15, 0.2) is 42.9 Å². The molecule has 1 aliphatic heterocycles. The molecule has 0 bridgehead atoms. The van der Waals surface area contributed by atoms with E-state index >= 15 is 0 Å². The molecule has 1 N–H and O–H groups in total. The molecule has 0 aliphatic carbocycles. The summed E-state index contributed by atoms with van der Waals surface area (Å²) in [5, 5.41) is 3.43. The smallest absolute Gasteiger partial charge is 0.387 e. The Morgan fingerprint density at radius 2 is 1.92 bits per heavy atom. The molecule has 5 heterocycles. The molecule has 200 valence electrons. The number of hydrogen-bond donors (Lipinski definition) is 1. The summed E-state index contributed by atoms with van der Waals surface area (Å²) in [6.45, 7) is -0.695. The fraction of sp³-hybridized carbons (Fsp3) is 0.200. The number of ether oxygens (including phenoxy) is 2. The van der Waals surface area contributed by atoms with Gasteiger partial charge in [-0.2, -0.15) is 8.78 Å². The van der Waals surface area contributed by atoms with E-state index in [4.69, 9.17) is 16.3 Å². The molecule has 4 aromatic heterocycles. The second kappa shape index (κ2) is 10.9. The highest BCUT2D eigenvalue weighted by molar-refractivity contribution is 7.16. The van der Waals surface area contributed by atoms with Gasteiger partial charge in [0.1, 0.15) is 22.3 Å². The Balaban J connectivity index is 1.30. The van der Waals surface area contributed by atoms with Crippen LogP contribution in [0.4, 0.5) is 13.9 Å². The molecule has 0 saturated heterocycles. The van der Waals surface area contributed by atoms with Crippen molar-refractivity contribution in [1.82, 2.24) is 24.8 Å². The van der Waals surface area contributed by atoms with Crippen molar-refractivity contribution in [2.75, 3.05) is 12.4 Å². The zero-order valence-corrected chi connectivity index (χ0v) is 22.0. The third-order valence-electron chi connectivity index (χ3n) is 5.77. The highest BCUT2D eigenvalue weighted by atomic mass is 35.5. The van der Waals surface area contributed by atoms with Gasteiger partial charge in [-0.05, 0) is 31.2 Å². The molecule has 1 aliphatic rings. The highest BCUT2D eigenvalue weighted by Crippen LogP contribution is 2.35. The molecule has 4 aromatic rings. The van der Waals surface area contributed by atoms with Gasteiger partial charge >= 0.3 is 6.61 Å². The number of fused-ring (bicyclic) bond motifs is 1. The number of nitrogens with zero attached hydrogens (tertiary/aromatic N) is 5. The van der Waals surface area contributed by atoms with E-state index in [0.29, 0.717) is 39.0 Å². The second-order valence-corrected chi connectivity index (χ2v) is 9.81. The van der Waals surface area contributed by atoms with Crippen LogP contribution in [0.3, 0.4) is 0 Å². The predicted octanol–water partition coefficient (Wildman–Crippen LogP) is 4.98. The Bertz CT molecular complexity index is 1540. The summed E-state index contributed by atoms with van der Waals surface area (Å²) < 4.78 is 34.3. The molecule has 5 rings (SSSR count). The summed E-state index contributed by atoms with van der Waals surface area (Å²) in [5.41, 5.74) is 2.88. The Morgan fingerprint density at radius 3 is 2.62 bits per heavy atom. The molecule has 0 radical (unpaired) electrons. The molecule has 0 aromatic carbocycles. The SMILES string of the molecule is COc1cnc(Cl)cc1-c1cc(C)ncc1C(=O)Nc1nc2c(s1)CN(C(=O)c1ccc(OC(F)F)cn1)C2. The summed E-state index contributed by atoms with van der Waals surface area (Å²) in [6.07, 6.45) is 4.02. The van der Waals surface area contributed by atoms with Crippen LogP contribution in [-0.4, -0.2) is 50.4 Å². The van der Waals surface area contributed by atoms with Crippen LogP contribution in [-0.2, 0) is 13.1 Å². The first-order valence-electron chi connectivity index (χ1n) is 11.4. The zero-order valence-electron chi connectivity index (χ0n) is 20.4. The first kappa shape index (κ1) is 26.4. The van der Waals surface area contributed by atoms with Crippen molar-refractivity contribution in [2.24, 2.45) is 0 Å². The molecule has 0 saturated carbocycles. The molecule has 0 unspecified atom stereocenters. The normalized spacial score (nSPS) is 12.4. The van der Waals surface area contributed by atoms with E-state index in [1.54, 1.807) is 19.1 Å². The summed E-state index contributed by atoms with van der Waals surface area (Å²) >= 11 is 7.36. The summed E-state index contributed by atoms with van der Waals surface area (Å²) in [6, 6.07) is 5.95. The number of carbonyl (C=O) groups is 2. The fourth-order valence-electron chi connectivity index (χ4n) is 4.00. The number of nitrogens with one attached hydrogen (secondary N) is 1. The van der Waals surface area contributed by atoms with Crippen LogP contribution in [0.25, 0.3) is 11.1 Å². The molecule has 39 heavy (non-hydrogen) atoms. The number of halogens is 3. The Kier molecular flexibility index (Phi) is 7.35. The van der Waals surface area contributed by atoms with E-state index in [-0.39, 0.29) is 35.6 Å². The van der Waals surface area contributed by atoms with E-state index in [0.717, 1.165) is 11.1 Å². The van der Waals surface area contributed by atoms with Crippen molar-refractivity contribution in [3.05, 3.63) is 75.5 Å². The van der Waals surface area contributed by atoms with Crippen LogP contribution >= 0.6 is 22.9 Å². The first-order valence-corrected chi connectivity index (χ1v) is 12.6. The van der Waals surface area contributed by atoms with Gasteiger partial charge in [0.05, 0.1) is 48.7 Å². The molecule has 0 fully saturated rings. The number of pyridine rings is 3.